The van der Waals surface area contributed by atoms with Crippen LogP contribution in [-0.4, -0.2) is 52.7 Å². The zero-order valence-electron chi connectivity index (χ0n) is 12.0. The molecule has 9 heteroatoms. The molecule has 21 heavy (non-hydrogen) atoms. The van der Waals surface area contributed by atoms with E-state index in [0.29, 0.717) is 25.5 Å². The Hall–Kier alpha value is -1.71. The lowest BCUT2D eigenvalue weighted by atomic mass is 10.4. The van der Waals surface area contributed by atoms with Crippen molar-refractivity contribution in [3.05, 3.63) is 18.3 Å². The molecule has 0 spiro atoms. The normalized spacial score (nSPS) is 11.1. The third-order valence-corrected chi connectivity index (χ3v) is 3.84. The Bertz CT molecular complexity index is 545. The minimum absolute atomic E-state index is 0.00819. The number of hydrogen-bond donors (Lipinski definition) is 3. The maximum absolute atomic E-state index is 12.0. The Balaban J connectivity index is 2.54. The summed E-state index contributed by atoms with van der Waals surface area (Å²) in [6.45, 7) is 2.97. The van der Waals surface area contributed by atoms with Gasteiger partial charge in [-0.15, -0.1) is 0 Å². The van der Waals surface area contributed by atoms with Crippen molar-refractivity contribution in [2.45, 2.75) is 11.8 Å². The molecule has 118 valence electrons. The van der Waals surface area contributed by atoms with E-state index in [-0.39, 0.29) is 11.4 Å². The lowest BCUT2D eigenvalue weighted by Gasteiger charge is -2.08. The van der Waals surface area contributed by atoms with Gasteiger partial charge in [0, 0.05) is 26.4 Å². The number of hydrogen-bond acceptors (Lipinski definition) is 6. The molecule has 0 unspecified atom stereocenters. The van der Waals surface area contributed by atoms with E-state index in [2.05, 4.69) is 20.3 Å². The standard InChI is InChI=1S/C12H20N4O4S/c1-3-13-11-5-4-10(8-15-11)21(18,19)16-9-12(17)14-6-7-20-2/h4-5,8,16H,3,6-7,9H2,1-2H3,(H,13,15)(H,14,17). The summed E-state index contributed by atoms with van der Waals surface area (Å²) in [5.41, 5.74) is 0. The fourth-order valence-corrected chi connectivity index (χ4v) is 2.35. The summed E-state index contributed by atoms with van der Waals surface area (Å²) in [4.78, 5) is 15.4. The van der Waals surface area contributed by atoms with Gasteiger partial charge in [0.25, 0.3) is 0 Å². The number of sulfonamides is 1. The summed E-state index contributed by atoms with van der Waals surface area (Å²) < 4.78 is 30.9. The van der Waals surface area contributed by atoms with Gasteiger partial charge in [-0.25, -0.2) is 18.1 Å². The van der Waals surface area contributed by atoms with Crippen molar-refractivity contribution in [2.24, 2.45) is 0 Å². The van der Waals surface area contributed by atoms with Crippen molar-refractivity contribution >= 4 is 21.7 Å². The maximum atomic E-state index is 12.0. The number of anilines is 1. The number of aromatic nitrogens is 1. The number of carbonyl (C=O) groups is 1. The molecule has 0 atom stereocenters. The topological polar surface area (TPSA) is 109 Å². The van der Waals surface area contributed by atoms with Crippen LogP contribution in [0.3, 0.4) is 0 Å². The second-order valence-corrected chi connectivity index (χ2v) is 5.84. The highest BCUT2D eigenvalue weighted by Crippen LogP contribution is 2.10. The number of amides is 1. The average Bonchev–Trinajstić information content (AvgIpc) is 2.46. The van der Waals surface area contributed by atoms with Crippen LogP contribution in [0.15, 0.2) is 23.2 Å². The zero-order valence-corrected chi connectivity index (χ0v) is 12.9. The molecule has 0 radical (unpaired) electrons. The quantitative estimate of drug-likeness (QED) is 0.533. The van der Waals surface area contributed by atoms with Gasteiger partial charge in [0.2, 0.25) is 15.9 Å². The molecule has 0 saturated carbocycles. The van der Waals surface area contributed by atoms with Crippen molar-refractivity contribution in [3.63, 3.8) is 0 Å². The first-order valence-corrected chi connectivity index (χ1v) is 7.93. The summed E-state index contributed by atoms with van der Waals surface area (Å²) >= 11 is 0. The fourth-order valence-electron chi connectivity index (χ4n) is 1.42. The Morgan fingerprint density at radius 1 is 1.38 bits per heavy atom. The molecule has 0 bridgehead atoms. The Labute approximate surface area is 124 Å². The summed E-state index contributed by atoms with van der Waals surface area (Å²) in [7, 11) is -2.24. The molecule has 1 heterocycles. The van der Waals surface area contributed by atoms with Crippen molar-refractivity contribution < 1.29 is 17.9 Å². The van der Waals surface area contributed by atoms with Crippen LogP contribution < -0.4 is 15.4 Å². The first-order chi connectivity index (χ1) is 9.99. The van der Waals surface area contributed by atoms with Gasteiger partial charge in [-0.3, -0.25) is 4.79 Å². The maximum Gasteiger partial charge on any atom is 0.242 e. The van der Waals surface area contributed by atoms with Gasteiger partial charge in [0.15, 0.2) is 0 Å². The van der Waals surface area contributed by atoms with Gasteiger partial charge in [-0.1, -0.05) is 0 Å². The predicted molar refractivity (Wildman–Crippen MR) is 78.5 cm³/mol. The van der Waals surface area contributed by atoms with Crippen molar-refractivity contribution in [2.75, 3.05) is 38.7 Å². The van der Waals surface area contributed by atoms with Gasteiger partial charge in [0.05, 0.1) is 13.2 Å². The lowest BCUT2D eigenvalue weighted by Crippen LogP contribution is -2.38. The Morgan fingerprint density at radius 3 is 2.71 bits per heavy atom. The van der Waals surface area contributed by atoms with Crippen LogP contribution in [0.5, 0.6) is 0 Å². The van der Waals surface area contributed by atoms with Crippen LogP contribution in [0.25, 0.3) is 0 Å². The largest absolute Gasteiger partial charge is 0.383 e. The summed E-state index contributed by atoms with van der Waals surface area (Å²) in [6.07, 6.45) is 1.24. The molecule has 3 N–H and O–H groups in total. The molecule has 0 aliphatic carbocycles. The molecular formula is C12H20N4O4S. The van der Waals surface area contributed by atoms with Gasteiger partial charge >= 0.3 is 0 Å². The van der Waals surface area contributed by atoms with Crippen molar-refractivity contribution in [1.82, 2.24) is 15.0 Å². The monoisotopic (exact) mass is 316 g/mol. The molecule has 1 aromatic rings. The molecule has 0 saturated heterocycles. The van der Waals surface area contributed by atoms with E-state index in [1.54, 1.807) is 6.07 Å². The van der Waals surface area contributed by atoms with Crippen LogP contribution in [0.4, 0.5) is 5.82 Å². The SMILES string of the molecule is CCNc1ccc(S(=O)(=O)NCC(=O)NCCOC)cn1. The van der Waals surface area contributed by atoms with Crippen LogP contribution in [-0.2, 0) is 19.6 Å². The molecule has 0 fully saturated rings. The highest BCUT2D eigenvalue weighted by Gasteiger charge is 2.15. The Morgan fingerprint density at radius 2 is 2.14 bits per heavy atom. The number of nitrogens with one attached hydrogen (secondary N) is 3. The first-order valence-electron chi connectivity index (χ1n) is 6.45. The second-order valence-electron chi connectivity index (χ2n) is 4.08. The first kappa shape index (κ1) is 17.3. The number of ether oxygens (including phenoxy) is 1. The average molecular weight is 316 g/mol. The number of carbonyl (C=O) groups excluding carboxylic acids is 1. The van der Waals surface area contributed by atoms with Crippen LogP contribution in [0, 0.1) is 0 Å². The second kappa shape index (κ2) is 8.55. The van der Waals surface area contributed by atoms with Crippen molar-refractivity contribution in [1.29, 1.82) is 0 Å². The van der Waals surface area contributed by atoms with Crippen LogP contribution in [0.1, 0.15) is 6.92 Å². The molecule has 1 rings (SSSR count). The highest BCUT2D eigenvalue weighted by molar-refractivity contribution is 7.89. The van der Waals surface area contributed by atoms with Gasteiger partial charge in [-0.2, -0.15) is 0 Å². The number of rotatable bonds is 9. The minimum atomic E-state index is -3.75. The Kier molecular flexibility index (Phi) is 7.06. The van der Waals surface area contributed by atoms with E-state index in [1.165, 1.54) is 19.4 Å². The molecule has 8 nitrogen and oxygen atoms in total. The highest BCUT2D eigenvalue weighted by atomic mass is 32.2. The summed E-state index contributed by atoms with van der Waals surface area (Å²) in [5.74, 6) is 0.168. The van der Waals surface area contributed by atoms with Crippen LogP contribution >= 0.6 is 0 Å². The van der Waals surface area contributed by atoms with E-state index in [9.17, 15) is 13.2 Å². The van der Waals surface area contributed by atoms with Crippen LogP contribution in [0.2, 0.25) is 0 Å². The third kappa shape index (κ3) is 6.06. The third-order valence-electron chi connectivity index (χ3n) is 2.46. The van der Waals surface area contributed by atoms with E-state index in [0.717, 1.165) is 0 Å². The van der Waals surface area contributed by atoms with Gasteiger partial charge in [-0.05, 0) is 19.1 Å². The van der Waals surface area contributed by atoms with E-state index in [1.807, 2.05) is 6.92 Å². The number of methoxy groups -OCH3 is 1. The predicted octanol–water partition coefficient (Wildman–Crippen LogP) is -0.446. The molecular weight excluding hydrogens is 296 g/mol. The molecule has 1 aromatic heterocycles. The lowest BCUT2D eigenvalue weighted by molar-refractivity contribution is -0.120. The molecule has 0 aromatic carbocycles. The minimum Gasteiger partial charge on any atom is -0.383 e. The zero-order chi connectivity index (χ0) is 15.7. The van der Waals surface area contributed by atoms with E-state index < -0.39 is 15.9 Å². The van der Waals surface area contributed by atoms with E-state index >= 15 is 0 Å². The van der Waals surface area contributed by atoms with E-state index in [4.69, 9.17) is 4.74 Å². The number of pyridine rings is 1. The molecule has 0 aliphatic heterocycles. The number of nitrogens with zero attached hydrogens (tertiary/aromatic N) is 1. The smallest absolute Gasteiger partial charge is 0.242 e. The van der Waals surface area contributed by atoms with Crippen molar-refractivity contribution in [3.8, 4) is 0 Å². The van der Waals surface area contributed by atoms with Gasteiger partial charge in [0.1, 0.15) is 10.7 Å². The molecule has 1 amide bonds. The van der Waals surface area contributed by atoms with Gasteiger partial charge < -0.3 is 15.4 Å². The molecule has 0 aliphatic rings. The summed E-state index contributed by atoms with van der Waals surface area (Å²) in [6, 6.07) is 2.99. The summed E-state index contributed by atoms with van der Waals surface area (Å²) in [5, 5.41) is 5.48. The fraction of sp³-hybridized carbons (Fsp3) is 0.500.